The third-order valence-corrected chi connectivity index (χ3v) is 7.00. The van der Waals surface area contributed by atoms with Crippen molar-refractivity contribution in [2.75, 3.05) is 0 Å². The summed E-state index contributed by atoms with van der Waals surface area (Å²) in [4.78, 5) is 31.0. The third-order valence-electron chi connectivity index (χ3n) is 7.00. The standard InChI is InChI=1S/C18H22N2O6/c1-18-9-8-14-13-5-3-12(25-19(21)22)10-11(13)2-4-15(14)16(18)6-7-17(18)26-20(23)24/h3,5,10,14-17H,2,4,6-9H2,1H3/t14-,15-,16+,17+,18+/m1/s1. The maximum Gasteiger partial charge on any atom is 0.299 e. The molecule has 0 bridgehead atoms. The first-order chi connectivity index (χ1) is 12.4. The number of hydrogen-bond donors (Lipinski definition) is 0. The van der Waals surface area contributed by atoms with Crippen molar-refractivity contribution < 1.29 is 19.8 Å². The number of rotatable bonds is 4. The molecule has 26 heavy (non-hydrogen) atoms. The zero-order valence-corrected chi connectivity index (χ0v) is 14.6. The fourth-order valence-electron chi connectivity index (χ4n) is 5.93. The Hall–Kier alpha value is -2.38. The van der Waals surface area contributed by atoms with Gasteiger partial charge in [-0.25, -0.2) is 0 Å². The van der Waals surface area contributed by atoms with Crippen molar-refractivity contribution in [1.29, 1.82) is 0 Å². The summed E-state index contributed by atoms with van der Waals surface area (Å²) in [6, 6.07) is 5.42. The van der Waals surface area contributed by atoms with Crippen molar-refractivity contribution in [2.45, 2.75) is 57.5 Å². The van der Waals surface area contributed by atoms with E-state index in [2.05, 4.69) is 11.8 Å². The zero-order valence-electron chi connectivity index (χ0n) is 14.6. The van der Waals surface area contributed by atoms with Gasteiger partial charge in [-0.2, -0.15) is 0 Å². The van der Waals surface area contributed by atoms with Gasteiger partial charge in [0.05, 0.1) is 0 Å². The van der Waals surface area contributed by atoms with Gasteiger partial charge in [-0.3, -0.25) is 4.84 Å². The van der Waals surface area contributed by atoms with Gasteiger partial charge >= 0.3 is 0 Å². The van der Waals surface area contributed by atoms with Crippen molar-refractivity contribution in [3.63, 3.8) is 0 Å². The average Bonchev–Trinajstić information content (AvgIpc) is 2.90. The van der Waals surface area contributed by atoms with Crippen LogP contribution < -0.4 is 4.84 Å². The Morgan fingerprint density at radius 1 is 1.12 bits per heavy atom. The molecule has 3 aliphatic rings. The Bertz CT molecular complexity index is 753. The minimum absolute atomic E-state index is 0.138. The summed E-state index contributed by atoms with van der Waals surface area (Å²) in [5.74, 6) is 1.60. The lowest BCUT2D eigenvalue weighted by atomic mass is 9.55. The van der Waals surface area contributed by atoms with Gasteiger partial charge in [-0.05, 0) is 85.0 Å². The predicted octanol–water partition coefficient (Wildman–Crippen LogP) is 3.69. The molecule has 8 nitrogen and oxygen atoms in total. The molecule has 0 heterocycles. The highest BCUT2D eigenvalue weighted by Gasteiger charge is 2.56. The first-order valence-corrected chi connectivity index (χ1v) is 9.15. The first kappa shape index (κ1) is 17.1. The van der Waals surface area contributed by atoms with Gasteiger partial charge in [0.25, 0.3) is 10.2 Å². The van der Waals surface area contributed by atoms with Gasteiger partial charge in [-0.15, -0.1) is 20.2 Å². The predicted molar refractivity (Wildman–Crippen MR) is 90.5 cm³/mol. The van der Waals surface area contributed by atoms with Gasteiger partial charge < -0.3 is 4.84 Å². The van der Waals surface area contributed by atoms with E-state index in [9.17, 15) is 20.2 Å². The Morgan fingerprint density at radius 3 is 2.65 bits per heavy atom. The summed E-state index contributed by atoms with van der Waals surface area (Å²) in [6.07, 6.45) is 5.15. The summed E-state index contributed by atoms with van der Waals surface area (Å²) in [6.45, 7) is 2.15. The summed E-state index contributed by atoms with van der Waals surface area (Å²) in [5, 5.41) is 20.0. The molecule has 2 saturated carbocycles. The lowest BCUT2D eigenvalue weighted by Gasteiger charge is -2.50. The van der Waals surface area contributed by atoms with Crippen LogP contribution in [0.2, 0.25) is 0 Å². The number of hydrogen-bond acceptors (Lipinski definition) is 6. The maximum absolute atomic E-state index is 10.9. The lowest BCUT2D eigenvalue weighted by molar-refractivity contribution is -0.772. The second-order valence-electron chi connectivity index (χ2n) is 8.03. The quantitative estimate of drug-likeness (QED) is 0.597. The normalized spacial score (nSPS) is 35.0. The van der Waals surface area contributed by atoms with Crippen molar-refractivity contribution in [3.8, 4) is 5.75 Å². The molecule has 5 atom stereocenters. The van der Waals surface area contributed by atoms with E-state index in [4.69, 9.17) is 4.84 Å². The van der Waals surface area contributed by atoms with Crippen LogP contribution >= 0.6 is 0 Å². The van der Waals surface area contributed by atoms with Crippen molar-refractivity contribution in [2.24, 2.45) is 17.3 Å². The molecule has 0 radical (unpaired) electrons. The molecule has 4 rings (SSSR count). The average molecular weight is 362 g/mol. The summed E-state index contributed by atoms with van der Waals surface area (Å²) < 4.78 is 0. The van der Waals surface area contributed by atoms with Gasteiger partial charge in [-0.1, -0.05) is 13.0 Å². The number of aryl methyl sites for hydroxylation is 1. The maximum atomic E-state index is 10.9. The fourth-order valence-corrected chi connectivity index (χ4v) is 5.93. The van der Waals surface area contributed by atoms with Crippen LogP contribution in [0.25, 0.3) is 0 Å². The third kappa shape index (κ3) is 2.68. The largest absolute Gasteiger partial charge is 0.310 e. The van der Waals surface area contributed by atoms with Crippen molar-refractivity contribution in [1.82, 2.24) is 0 Å². The summed E-state index contributed by atoms with van der Waals surface area (Å²) in [7, 11) is 0. The Morgan fingerprint density at radius 2 is 1.92 bits per heavy atom. The molecule has 2 fully saturated rings. The van der Waals surface area contributed by atoms with Gasteiger partial charge in [0, 0.05) is 0 Å². The molecule has 8 heteroatoms. The van der Waals surface area contributed by atoms with E-state index in [1.54, 1.807) is 12.1 Å². The highest BCUT2D eigenvalue weighted by Crippen LogP contribution is 2.61. The Balaban J connectivity index is 1.58. The fraction of sp³-hybridized carbons (Fsp3) is 0.667. The van der Waals surface area contributed by atoms with E-state index < -0.39 is 10.2 Å². The van der Waals surface area contributed by atoms with Gasteiger partial charge in [0.2, 0.25) is 0 Å². The minimum atomic E-state index is -0.784. The molecule has 0 aliphatic heterocycles. The molecule has 0 saturated heterocycles. The van der Waals surface area contributed by atoms with Crippen molar-refractivity contribution in [3.05, 3.63) is 49.6 Å². The van der Waals surface area contributed by atoms with Gasteiger partial charge in [0.15, 0.2) is 0 Å². The van der Waals surface area contributed by atoms with E-state index in [1.165, 1.54) is 5.56 Å². The molecule has 1 aromatic carbocycles. The summed E-state index contributed by atoms with van der Waals surface area (Å²) in [5.41, 5.74) is 2.25. The smallest absolute Gasteiger partial charge is 0.299 e. The van der Waals surface area contributed by atoms with E-state index >= 15 is 0 Å². The van der Waals surface area contributed by atoms with Crippen LogP contribution in [0, 0.1) is 37.5 Å². The SMILES string of the molecule is C[C@]12CC[C@@H]3c4ccc(O[N+](=O)[O-])cc4CC[C@H]3[C@@H]1CC[C@@H]2O[N+](=O)[O-]. The Labute approximate surface area is 150 Å². The van der Waals surface area contributed by atoms with E-state index in [1.807, 2.05) is 6.07 Å². The lowest BCUT2D eigenvalue weighted by Crippen LogP contribution is -2.45. The van der Waals surface area contributed by atoms with E-state index in [0.717, 1.165) is 44.1 Å². The molecular weight excluding hydrogens is 340 g/mol. The van der Waals surface area contributed by atoms with Crippen LogP contribution in [0.15, 0.2) is 18.2 Å². The molecule has 0 amide bonds. The number of benzene rings is 1. The van der Waals surface area contributed by atoms with Crippen LogP contribution in [0.4, 0.5) is 0 Å². The van der Waals surface area contributed by atoms with Crippen LogP contribution in [0.3, 0.4) is 0 Å². The Kier molecular flexibility index (Phi) is 4.00. The van der Waals surface area contributed by atoms with Gasteiger partial charge in [0.1, 0.15) is 11.9 Å². The molecule has 1 aromatic rings. The van der Waals surface area contributed by atoms with Crippen LogP contribution in [-0.2, 0) is 11.3 Å². The minimum Gasteiger partial charge on any atom is -0.310 e. The molecule has 140 valence electrons. The molecule has 3 aliphatic carbocycles. The van der Waals surface area contributed by atoms with Crippen LogP contribution in [0.5, 0.6) is 5.75 Å². The summed E-state index contributed by atoms with van der Waals surface area (Å²) >= 11 is 0. The molecule has 0 N–H and O–H groups in total. The zero-order chi connectivity index (χ0) is 18.5. The monoisotopic (exact) mass is 362 g/mol. The first-order valence-electron chi connectivity index (χ1n) is 9.15. The molecule has 0 spiro atoms. The van der Waals surface area contributed by atoms with Crippen LogP contribution in [0.1, 0.15) is 56.1 Å². The molecule has 0 aromatic heterocycles. The second-order valence-corrected chi connectivity index (χ2v) is 8.03. The topological polar surface area (TPSA) is 105 Å². The molecular formula is C18H22N2O6. The highest BCUT2D eigenvalue weighted by atomic mass is 17.0. The van der Waals surface area contributed by atoms with Crippen molar-refractivity contribution >= 4 is 0 Å². The van der Waals surface area contributed by atoms with Crippen LogP contribution in [-0.4, -0.2) is 16.3 Å². The number of nitrogens with zero attached hydrogens (tertiary/aromatic N) is 2. The molecule has 0 unspecified atom stereocenters. The highest BCUT2D eigenvalue weighted by molar-refractivity contribution is 5.40. The second kappa shape index (κ2) is 6.10. The number of fused-ring (bicyclic) bond motifs is 5. The van der Waals surface area contributed by atoms with E-state index in [0.29, 0.717) is 17.8 Å². The van der Waals surface area contributed by atoms with E-state index in [-0.39, 0.29) is 17.3 Å².